The van der Waals surface area contributed by atoms with Crippen molar-refractivity contribution in [1.82, 2.24) is 14.8 Å². The highest BCUT2D eigenvalue weighted by molar-refractivity contribution is 7.18. The predicted molar refractivity (Wildman–Crippen MR) is 88.1 cm³/mol. The monoisotopic (exact) mass is 306 g/mol. The number of nitrogens with zero attached hydrogens (tertiary/aromatic N) is 3. The summed E-state index contributed by atoms with van der Waals surface area (Å²) in [5.41, 5.74) is 2.65. The average Bonchev–Trinajstić information content (AvgIpc) is 2.81. The van der Waals surface area contributed by atoms with Crippen LogP contribution in [0.15, 0.2) is 10.9 Å². The summed E-state index contributed by atoms with van der Waals surface area (Å²) in [6, 6.07) is 2.34. The lowest BCUT2D eigenvalue weighted by Crippen LogP contribution is -2.24. The Labute approximate surface area is 129 Å². The van der Waals surface area contributed by atoms with Crippen LogP contribution in [0.25, 0.3) is 10.6 Å². The maximum atomic E-state index is 12.7. The number of aromatic nitrogens is 3. The summed E-state index contributed by atoms with van der Waals surface area (Å²) in [5, 5.41) is 13.0. The van der Waals surface area contributed by atoms with E-state index in [0.717, 1.165) is 29.4 Å². The number of hydrogen-bond acceptors (Lipinski definition) is 5. The molecule has 6 heteroatoms. The summed E-state index contributed by atoms with van der Waals surface area (Å²) in [4.78, 5) is 12.7. The Morgan fingerprint density at radius 1 is 1.33 bits per heavy atom. The molecule has 1 N–H and O–H groups in total. The smallest absolute Gasteiger partial charge is 0.261 e. The molecule has 5 nitrogen and oxygen atoms in total. The Balaban J connectivity index is 2.50. The summed E-state index contributed by atoms with van der Waals surface area (Å²) < 4.78 is 1.82. The SMILES string of the molecule is CCCn1c(C)cc(C)c(-c2nnc(NC(C)C)s2)c1=O. The lowest BCUT2D eigenvalue weighted by molar-refractivity contribution is 0.635. The predicted octanol–water partition coefficient (Wildman–Crippen LogP) is 3.21. The number of nitrogens with one attached hydrogen (secondary N) is 1. The van der Waals surface area contributed by atoms with Crippen molar-refractivity contribution in [2.24, 2.45) is 0 Å². The van der Waals surface area contributed by atoms with Crippen LogP contribution in [0.5, 0.6) is 0 Å². The minimum atomic E-state index is 0.0293. The maximum Gasteiger partial charge on any atom is 0.261 e. The van der Waals surface area contributed by atoms with Crippen molar-refractivity contribution in [2.45, 2.75) is 53.6 Å². The molecule has 2 heterocycles. The molecule has 2 aromatic heterocycles. The van der Waals surface area contributed by atoms with E-state index in [1.165, 1.54) is 11.3 Å². The summed E-state index contributed by atoms with van der Waals surface area (Å²) in [6.07, 6.45) is 0.930. The van der Waals surface area contributed by atoms with Crippen molar-refractivity contribution in [2.75, 3.05) is 5.32 Å². The van der Waals surface area contributed by atoms with E-state index in [1.54, 1.807) is 0 Å². The van der Waals surface area contributed by atoms with Crippen molar-refractivity contribution in [3.8, 4) is 10.6 Å². The summed E-state index contributed by atoms with van der Waals surface area (Å²) in [6.45, 7) is 10.8. The van der Waals surface area contributed by atoms with E-state index >= 15 is 0 Å². The molecule has 0 saturated carbocycles. The Hall–Kier alpha value is -1.69. The van der Waals surface area contributed by atoms with Crippen molar-refractivity contribution < 1.29 is 0 Å². The van der Waals surface area contributed by atoms with Crippen LogP contribution in [0.3, 0.4) is 0 Å². The highest BCUT2D eigenvalue weighted by Gasteiger charge is 2.16. The molecule has 0 atom stereocenters. The number of anilines is 1. The van der Waals surface area contributed by atoms with Crippen LogP contribution in [0, 0.1) is 13.8 Å². The number of pyridine rings is 1. The van der Waals surface area contributed by atoms with Crippen LogP contribution >= 0.6 is 11.3 Å². The molecule has 0 radical (unpaired) electrons. The van der Waals surface area contributed by atoms with Gasteiger partial charge in [-0.15, -0.1) is 10.2 Å². The van der Waals surface area contributed by atoms with Crippen LogP contribution in [-0.4, -0.2) is 20.8 Å². The van der Waals surface area contributed by atoms with Gasteiger partial charge < -0.3 is 9.88 Å². The van der Waals surface area contributed by atoms with Crippen molar-refractivity contribution in [1.29, 1.82) is 0 Å². The first-order chi connectivity index (χ1) is 9.93. The van der Waals surface area contributed by atoms with Crippen LogP contribution in [0.1, 0.15) is 38.4 Å². The lowest BCUT2D eigenvalue weighted by Gasteiger charge is -2.12. The molecular formula is C15H22N4OS. The van der Waals surface area contributed by atoms with Crippen molar-refractivity contribution in [3.63, 3.8) is 0 Å². The van der Waals surface area contributed by atoms with Crippen LogP contribution in [0.2, 0.25) is 0 Å². The van der Waals surface area contributed by atoms with E-state index in [-0.39, 0.29) is 5.56 Å². The van der Waals surface area contributed by atoms with Crippen molar-refractivity contribution in [3.05, 3.63) is 27.7 Å². The van der Waals surface area contributed by atoms with Gasteiger partial charge in [-0.05, 0) is 45.7 Å². The van der Waals surface area contributed by atoms with Crippen LogP contribution in [0.4, 0.5) is 5.13 Å². The Morgan fingerprint density at radius 2 is 2.05 bits per heavy atom. The third-order valence-electron chi connectivity index (χ3n) is 3.20. The first-order valence-corrected chi connectivity index (χ1v) is 8.07. The number of hydrogen-bond donors (Lipinski definition) is 1. The fraction of sp³-hybridized carbons (Fsp3) is 0.533. The second kappa shape index (κ2) is 6.39. The van der Waals surface area contributed by atoms with E-state index in [4.69, 9.17) is 0 Å². The van der Waals surface area contributed by atoms with Gasteiger partial charge in [0.15, 0.2) is 5.01 Å². The molecule has 0 amide bonds. The van der Waals surface area contributed by atoms with E-state index in [1.807, 2.05) is 38.3 Å². The van der Waals surface area contributed by atoms with Gasteiger partial charge in [0, 0.05) is 18.3 Å². The standard InChI is InChI=1S/C15H22N4OS/c1-6-7-19-11(5)8-10(4)12(14(19)20)13-17-18-15(21-13)16-9(2)3/h8-9H,6-7H2,1-5H3,(H,16,18). The topological polar surface area (TPSA) is 59.8 Å². The Kier molecular flexibility index (Phi) is 4.77. The number of aryl methyl sites for hydroxylation is 2. The molecule has 2 rings (SSSR count). The van der Waals surface area contributed by atoms with Gasteiger partial charge in [0.2, 0.25) is 5.13 Å². The van der Waals surface area contributed by atoms with E-state index in [9.17, 15) is 4.79 Å². The molecule has 21 heavy (non-hydrogen) atoms. The molecule has 114 valence electrons. The highest BCUT2D eigenvalue weighted by Crippen LogP contribution is 2.27. The van der Waals surface area contributed by atoms with Gasteiger partial charge >= 0.3 is 0 Å². The quantitative estimate of drug-likeness (QED) is 0.921. The molecule has 0 aliphatic heterocycles. The van der Waals surface area contributed by atoms with Gasteiger partial charge in [0.1, 0.15) is 0 Å². The average molecular weight is 306 g/mol. The van der Waals surface area contributed by atoms with Crippen LogP contribution in [-0.2, 0) is 6.54 Å². The normalized spacial score (nSPS) is 11.1. The zero-order valence-corrected chi connectivity index (χ0v) is 14.0. The maximum absolute atomic E-state index is 12.7. The molecule has 0 fully saturated rings. The lowest BCUT2D eigenvalue weighted by atomic mass is 10.1. The van der Waals surface area contributed by atoms with Crippen molar-refractivity contribution >= 4 is 16.5 Å². The third kappa shape index (κ3) is 3.32. The Bertz CT molecular complexity index is 687. The zero-order chi connectivity index (χ0) is 15.6. The summed E-state index contributed by atoms with van der Waals surface area (Å²) in [5.74, 6) is 0. The first kappa shape index (κ1) is 15.7. The molecule has 0 unspecified atom stereocenters. The van der Waals surface area contributed by atoms with E-state index in [2.05, 4.69) is 22.4 Å². The van der Waals surface area contributed by atoms with E-state index < -0.39 is 0 Å². The molecule has 0 aromatic carbocycles. The van der Waals surface area contributed by atoms with Crippen LogP contribution < -0.4 is 10.9 Å². The summed E-state index contributed by atoms with van der Waals surface area (Å²) in [7, 11) is 0. The summed E-state index contributed by atoms with van der Waals surface area (Å²) >= 11 is 1.43. The zero-order valence-electron chi connectivity index (χ0n) is 13.2. The van der Waals surface area contributed by atoms with Gasteiger partial charge in [0.05, 0.1) is 5.56 Å². The molecular weight excluding hydrogens is 284 g/mol. The second-order valence-corrected chi connectivity index (χ2v) is 6.49. The second-order valence-electron chi connectivity index (χ2n) is 5.51. The highest BCUT2D eigenvalue weighted by atomic mass is 32.1. The first-order valence-electron chi connectivity index (χ1n) is 7.25. The molecule has 0 spiro atoms. The molecule has 0 aliphatic carbocycles. The van der Waals surface area contributed by atoms with E-state index in [0.29, 0.717) is 16.6 Å². The molecule has 2 aromatic rings. The molecule has 0 bridgehead atoms. The minimum absolute atomic E-state index is 0.0293. The fourth-order valence-electron chi connectivity index (χ4n) is 2.32. The van der Waals surface area contributed by atoms with Gasteiger partial charge in [0.25, 0.3) is 5.56 Å². The molecule has 0 aliphatic rings. The van der Waals surface area contributed by atoms with Gasteiger partial charge in [-0.1, -0.05) is 18.3 Å². The molecule has 0 saturated heterocycles. The fourth-order valence-corrected chi connectivity index (χ4v) is 3.31. The Morgan fingerprint density at radius 3 is 2.67 bits per heavy atom. The van der Waals surface area contributed by atoms with Gasteiger partial charge in [-0.3, -0.25) is 4.79 Å². The van der Waals surface area contributed by atoms with Gasteiger partial charge in [-0.2, -0.15) is 0 Å². The third-order valence-corrected chi connectivity index (χ3v) is 4.07. The number of rotatable bonds is 5. The minimum Gasteiger partial charge on any atom is -0.358 e. The largest absolute Gasteiger partial charge is 0.358 e. The van der Waals surface area contributed by atoms with Gasteiger partial charge in [-0.25, -0.2) is 0 Å².